The predicted molar refractivity (Wildman–Crippen MR) is 65.0 cm³/mol. The molecule has 0 bridgehead atoms. The van der Waals surface area contributed by atoms with Crippen LogP contribution in [0, 0.1) is 18.6 Å². The van der Waals surface area contributed by atoms with Crippen molar-refractivity contribution in [1.82, 2.24) is 0 Å². The van der Waals surface area contributed by atoms with Gasteiger partial charge in [0.25, 0.3) is 5.91 Å². The highest BCUT2D eigenvalue weighted by molar-refractivity contribution is 5.94. The lowest BCUT2D eigenvalue weighted by atomic mass is 9.97. The molecule has 0 heterocycles. The Morgan fingerprint density at radius 3 is 2.33 bits per heavy atom. The maximum Gasteiger partial charge on any atom is 0.251 e. The fourth-order valence-electron chi connectivity index (χ4n) is 1.89. The lowest BCUT2D eigenvalue weighted by Gasteiger charge is -2.11. The van der Waals surface area contributed by atoms with Crippen LogP contribution in [0.5, 0.6) is 0 Å². The third-order valence-corrected chi connectivity index (χ3v) is 2.78. The van der Waals surface area contributed by atoms with Crippen LogP contribution >= 0.6 is 0 Å². The first-order valence-corrected chi connectivity index (χ1v) is 5.36. The first-order chi connectivity index (χ1) is 8.52. The van der Waals surface area contributed by atoms with E-state index in [2.05, 4.69) is 0 Å². The van der Waals surface area contributed by atoms with E-state index in [9.17, 15) is 13.6 Å². The average Bonchev–Trinajstić information content (AvgIpc) is 2.35. The van der Waals surface area contributed by atoms with Crippen molar-refractivity contribution < 1.29 is 13.6 Å². The van der Waals surface area contributed by atoms with E-state index in [0.29, 0.717) is 5.56 Å². The minimum Gasteiger partial charge on any atom is -0.366 e. The summed E-state index contributed by atoms with van der Waals surface area (Å²) >= 11 is 0. The van der Waals surface area contributed by atoms with Gasteiger partial charge in [-0.1, -0.05) is 30.3 Å². The molecule has 0 aliphatic heterocycles. The molecular formula is C14H11F2NO. The number of carbonyl (C=O) groups is 1. The maximum absolute atomic E-state index is 14.0. The number of carbonyl (C=O) groups excluding carboxylic acids is 1. The minimum atomic E-state index is -0.978. The first kappa shape index (κ1) is 12.2. The van der Waals surface area contributed by atoms with E-state index in [4.69, 9.17) is 5.73 Å². The Morgan fingerprint density at radius 1 is 1.17 bits per heavy atom. The molecule has 4 heteroatoms. The highest BCUT2D eigenvalue weighted by atomic mass is 19.1. The summed E-state index contributed by atoms with van der Waals surface area (Å²) in [4.78, 5) is 11.0. The van der Waals surface area contributed by atoms with Gasteiger partial charge in [0.1, 0.15) is 11.6 Å². The molecule has 0 saturated carbocycles. The van der Waals surface area contributed by atoms with E-state index < -0.39 is 23.1 Å². The van der Waals surface area contributed by atoms with Gasteiger partial charge in [0.05, 0.1) is 5.56 Å². The van der Waals surface area contributed by atoms with Crippen molar-refractivity contribution >= 4 is 5.91 Å². The zero-order chi connectivity index (χ0) is 13.3. The predicted octanol–water partition coefficient (Wildman–Crippen LogP) is 3.04. The largest absolute Gasteiger partial charge is 0.366 e. The van der Waals surface area contributed by atoms with Gasteiger partial charge in [-0.2, -0.15) is 0 Å². The van der Waals surface area contributed by atoms with Crippen LogP contribution in [0.2, 0.25) is 0 Å². The number of halogens is 2. The van der Waals surface area contributed by atoms with Gasteiger partial charge in [-0.3, -0.25) is 4.79 Å². The molecule has 0 aliphatic rings. The molecule has 0 atom stereocenters. The highest BCUT2D eigenvalue weighted by Gasteiger charge is 2.19. The van der Waals surface area contributed by atoms with E-state index in [-0.39, 0.29) is 11.1 Å². The van der Waals surface area contributed by atoms with E-state index in [0.717, 1.165) is 6.07 Å². The Kier molecular flexibility index (Phi) is 3.10. The summed E-state index contributed by atoms with van der Waals surface area (Å²) in [5.74, 6) is -2.41. The zero-order valence-electron chi connectivity index (χ0n) is 9.71. The number of benzene rings is 2. The Labute approximate surface area is 103 Å². The summed E-state index contributed by atoms with van der Waals surface area (Å²) < 4.78 is 27.9. The third-order valence-electron chi connectivity index (χ3n) is 2.78. The van der Waals surface area contributed by atoms with Gasteiger partial charge in [-0.15, -0.1) is 0 Å². The van der Waals surface area contributed by atoms with Crippen LogP contribution in [-0.2, 0) is 0 Å². The summed E-state index contributed by atoms with van der Waals surface area (Å²) in [6, 6.07) is 9.43. The third kappa shape index (κ3) is 1.97. The standard InChI is InChI=1S/C14H11F2NO/c1-8-12(9-5-3-2-4-6-9)11(15)7-10(13(8)16)14(17)18/h2-7H,1H3,(H2,17,18). The molecule has 0 spiro atoms. The van der Waals surface area contributed by atoms with E-state index in [1.54, 1.807) is 30.3 Å². The van der Waals surface area contributed by atoms with E-state index >= 15 is 0 Å². The lowest BCUT2D eigenvalue weighted by Crippen LogP contribution is -2.15. The van der Waals surface area contributed by atoms with E-state index in [1.165, 1.54) is 6.92 Å². The highest BCUT2D eigenvalue weighted by Crippen LogP contribution is 2.29. The van der Waals surface area contributed by atoms with Gasteiger partial charge in [-0.25, -0.2) is 8.78 Å². The fraction of sp³-hybridized carbons (Fsp3) is 0.0714. The molecule has 2 aromatic rings. The molecule has 0 aliphatic carbocycles. The Balaban J connectivity index is 2.71. The molecular weight excluding hydrogens is 236 g/mol. The quantitative estimate of drug-likeness (QED) is 0.870. The second-order valence-electron chi connectivity index (χ2n) is 3.95. The average molecular weight is 247 g/mol. The SMILES string of the molecule is Cc1c(F)c(C(N)=O)cc(F)c1-c1ccccc1. The van der Waals surface area contributed by atoms with Gasteiger partial charge in [0.15, 0.2) is 0 Å². The Morgan fingerprint density at radius 2 is 1.78 bits per heavy atom. The zero-order valence-corrected chi connectivity index (χ0v) is 9.71. The molecule has 2 rings (SSSR count). The Hall–Kier alpha value is -2.23. The Bertz CT molecular complexity index is 609. The van der Waals surface area contributed by atoms with Crippen molar-refractivity contribution in [3.05, 3.63) is 59.2 Å². The topological polar surface area (TPSA) is 43.1 Å². The van der Waals surface area contributed by atoms with Crippen LogP contribution in [-0.4, -0.2) is 5.91 Å². The fourth-order valence-corrected chi connectivity index (χ4v) is 1.89. The number of rotatable bonds is 2. The molecule has 0 radical (unpaired) electrons. The molecule has 18 heavy (non-hydrogen) atoms. The number of amides is 1. The second-order valence-corrected chi connectivity index (χ2v) is 3.95. The van der Waals surface area contributed by atoms with Crippen molar-refractivity contribution in [2.24, 2.45) is 5.73 Å². The summed E-state index contributed by atoms with van der Waals surface area (Å²) in [5.41, 5.74) is 5.36. The van der Waals surface area contributed by atoms with Crippen LogP contribution < -0.4 is 5.73 Å². The molecule has 0 saturated heterocycles. The molecule has 2 nitrogen and oxygen atoms in total. The maximum atomic E-state index is 14.0. The van der Waals surface area contributed by atoms with Gasteiger partial charge in [-0.05, 0) is 24.1 Å². The number of nitrogens with two attached hydrogens (primary N) is 1. The molecule has 1 amide bonds. The van der Waals surface area contributed by atoms with Crippen LogP contribution in [0.1, 0.15) is 15.9 Å². The van der Waals surface area contributed by atoms with Crippen molar-refractivity contribution in [2.45, 2.75) is 6.92 Å². The number of primary amides is 1. The summed E-state index contributed by atoms with van der Waals surface area (Å²) in [6.45, 7) is 1.42. The summed E-state index contributed by atoms with van der Waals surface area (Å²) in [6.07, 6.45) is 0. The first-order valence-electron chi connectivity index (χ1n) is 5.36. The monoisotopic (exact) mass is 247 g/mol. The number of hydrogen-bond donors (Lipinski definition) is 1. The van der Waals surface area contributed by atoms with E-state index in [1.807, 2.05) is 0 Å². The van der Waals surface area contributed by atoms with Gasteiger partial charge in [0.2, 0.25) is 0 Å². The molecule has 2 aromatic carbocycles. The molecule has 92 valence electrons. The van der Waals surface area contributed by atoms with Crippen LogP contribution in [0.4, 0.5) is 8.78 Å². The molecule has 0 aromatic heterocycles. The molecule has 2 N–H and O–H groups in total. The summed E-state index contributed by atoms with van der Waals surface area (Å²) in [7, 11) is 0. The van der Waals surface area contributed by atoms with Crippen molar-refractivity contribution in [3.63, 3.8) is 0 Å². The van der Waals surface area contributed by atoms with Gasteiger partial charge in [0, 0.05) is 5.56 Å². The lowest BCUT2D eigenvalue weighted by molar-refractivity contribution is 0.0996. The van der Waals surface area contributed by atoms with Gasteiger partial charge < -0.3 is 5.73 Å². The van der Waals surface area contributed by atoms with Crippen LogP contribution in [0.25, 0.3) is 11.1 Å². The van der Waals surface area contributed by atoms with Crippen LogP contribution in [0.3, 0.4) is 0 Å². The van der Waals surface area contributed by atoms with Crippen molar-refractivity contribution in [3.8, 4) is 11.1 Å². The van der Waals surface area contributed by atoms with Crippen molar-refractivity contribution in [2.75, 3.05) is 0 Å². The smallest absolute Gasteiger partial charge is 0.251 e. The summed E-state index contributed by atoms with van der Waals surface area (Å²) in [5, 5.41) is 0. The molecule has 0 fully saturated rings. The normalized spacial score (nSPS) is 10.4. The van der Waals surface area contributed by atoms with Crippen molar-refractivity contribution in [1.29, 1.82) is 0 Å². The van der Waals surface area contributed by atoms with Gasteiger partial charge >= 0.3 is 0 Å². The molecule has 0 unspecified atom stereocenters. The minimum absolute atomic E-state index is 0.0787. The number of hydrogen-bond acceptors (Lipinski definition) is 1. The second kappa shape index (κ2) is 4.56. The van der Waals surface area contributed by atoms with Crippen LogP contribution in [0.15, 0.2) is 36.4 Å².